The second-order valence-electron chi connectivity index (χ2n) is 7.28. The van der Waals surface area contributed by atoms with Crippen molar-refractivity contribution in [3.05, 3.63) is 41.8 Å². The molecule has 1 atom stereocenters. The molecule has 30 heavy (non-hydrogen) atoms. The van der Waals surface area contributed by atoms with E-state index >= 15 is 0 Å². The van der Waals surface area contributed by atoms with Gasteiger partial charge in [-0.25, -0.2) is 14.4 Å². The van der Waals surface area contributed by atoms with Crippen molar-refractivity contribution in [1.82, 2.24) is 14.9 Å². The van der Waals surface area contributed by atoms with Gasteiger partial charge in [0.05, 0.1) is 10.6 Å². The number of hydrogen-bond donors (Lipinski definition) is 1. The molecule has 0 aliphatic carbocycles. The zero-order chi connectivity index (χ0) is 21.3. The quantitative estimate of drug-likeness (QED) is 0.479. The highest BCUT2D eigenvalue weighted by Gasteiger charge is 2.29. The topological polar surface area (TPSA) is 89.2 Å². The predicted molar refractivity (Wildman–Crippen MR) is 117 cm³/mol. The van der Waals surface area contributed by atoms with Crippen LogP contribution in [0.3, 0.4) is 0 Å². The van der Waals surface area contributed by atoms with Crippen LogP contribution in [0.2, 0.25) is 0 Å². The Morgan fingerprint density at radius 1 is 1.23 bits per heavy atom. The molecule has 0 bridgehead atoms. The summed E-state index contributed by atoms with van der Waals surface area (Å²) in [4.78, 5) is 35.7. The van der Waals surface area contributed by atoms with E-state index in [0.717, 1.165) is 26.4 Å². The van der Waals surface area contributed by atoms with Crippen LogP contribution in [0.15, 0.2) is 41.0 Å². The number of benzene rings is 1. The normalized spacial score (nSPS) is 16.0. The number of nitrogens with two attached hydrogens (primary N) is 1. The third-order valence-corrected chi connectivity index (χ3v) is 7.31. The molecule has 1 saturated heterocycles. The van der Waals surface area contributed by atoms with Crippen molar-refractivity contribution in [2.24, 2.45) is 11.7 Å². The summed E-state index contributed by atoms with van der Waals surface area (Å²) < 4.78 is 13.3. The van der Waals surface area contributed by atoms with Gasteiger partial charge in [0.15, 0.2) is 0 Å². The number of nitrogens with zero attached hydrogens (tertiary/aromatic N) is 3. The van der Waals surface area contributed by atoms with E-state index in [1.807, 2.05) is 12.3 Å². The summed E-state index contributed by atoms with van der Waals surface area (Å²) in [5, 5.41) is 3.26. The predicted octanol–water partition coefficient (Wildman–Crippen LogP) is 3.70. The number of piperidine rings is 1. The van der Waals surface area contributed by atoms with Gasteiger partial charge >= 0.3 is 0 Å². The number of carbonyl (C=O) groups is 2. The fourth-order valence-electron chi connectivity index (χ4n) is 3.64. The molecule has 2 aromatic heterocycles. The summed E-state index contributed by atoms with van der Waals surface area (Å²) in [7, 11) is 0. The zero-order valence-corrected chi connectivity index (χ0v) is 18.0. The van der Waals surface area contributed by atoms with E-state index in [4.69, 9.17) is 5.73 Å². The standard InChI is InChI=1S/C21H21FN4O2S2/c1-12(21(28)26-8-6-14(7-9-26)18(23)27)30-20-17-16(10-29-19(17)24-11-25-20)13-2-4-15(22)5-3-13/h2-5,10-12,14H,6-9H2,1H3,(H2,23,27). The molecule has 1 fully saturated rings. The third kappa shape index (κ3) is 4.17. The van der Waals surface area contributed by atoms with E-state index in [0.29, 0.717) is 25.9 Å². The number of hydrogen-bond acceptors (Lipinski definition) is 6. The molecule has 9 heteroatoms. The Bertz CT molecular complexity index is 1080. The maximum atomic E-state index is 13.3. The van der Waals surface area contributed by atoms with E-state index < -0.39 is 0 Å². The Morgan fingerprint density at radius 3 is 2.60 bits per heavy atom. The molecule has 4 rings (SSSR count). The van der Waals surface area contributed by atoms with E-state index in [1.165, 1.54) is 41.6 Å². The molecular formula is C21H21FN4O2S2. The first kappa shape index (κ1) is 20.7. The molecular weight excluding hydrogens is 423 g/mol. The van der Waals surface area contributed by atoms with Crippen molar-refractivity contribution in [3.8, 4) is 11.1 Å². The highest BCUT2D eigenvalue weighted by atomic mass is 32.2. The van der Waals surface area contributed by atoms with E-state index in [-0.39, 0.29) is 28.8 Å². The van der Waals surface area contributed by atoms with Gasteiger partial charge in [-0.15, -0.1) is 11.3 Å². The first-order chi connectivity index (χ1) is 14.4. The number of aromatic nitrogens is 2. The highest BCUT2D eigenvalue weighted by molar-refractivity contribution is 8.00. The van der Waals surface area contributed by atoms with Gasteiger partial charge in [-0.1, -0.05) is 23.9 Å². The van der Waals surface area contributed by atoms with Crippen LogP contribution in [0.25, 0.3) is 21.3 Å². The molecule has 1 aliphatic heterocycles. The maximum Gasteiger partial charge on any atom is 0.235 e. The van der Waals surface area contributed by atoms with Crippen molar-refractivity contribution in [1.29, 1.82) is 0 Å². The van der Waals surface area contributed by atoms with Crippen LogP contribution in [0.4, 0.5) is 4.39 Å². The number of carbonyl (C=O) groups excluding carboxylic acids is 2. The molecule has 1 aliphatic rings. The van der Waals surface area contributed by atoms with Gasteiger partial charge < -0.3 is 10.6 Å². The number of primary amides is 1. The lowest BCUT2D eigenvalue weighted by Crippen LogP contribution is -2.44. The van der Waals surface area contributed by atoms with Crippen LogP contribution < -0.4 is 5.73 Å². The van der Waals surface area contributed by atoms with Crippen LogP contribution in [-0.2, 0) is 9.59 Å². The van der Waals surface area contributed by atoms with Crippen LogP contribution in [-0.4, -0.2) is 45.0 Å². The van der Waals surface area contributed by atoms with Crippen LogP contribution in [0.1, 0.15) is 19.8 Å². The first-order valence-corrected chi connectivity index (χ1v) is 11.4. The number of thiophene rings is 1. The van der Waals surface area contributed by atoms with Gasteiger partial charge in [0.2, 0.25) is 11.8 Å². The van der Waals surface area contributed by atoms with E-state index in [1.54, 1.807) is 17.0 Å². The number of thioether (sulfide) groups is 1. The molecule has 0 saturated carbocycles. The first-order valence-electron chi connectivity index (χ1n) is 9.67. The summed E-state index contributed by atoms with van der Waals surface area (Å²) in [6.45, 7) is 2.94. The van der Waals surface area contributed by atoms with Gasteiger partial charge in [0.1, 0.15) is 22.0 Å². The molecule has 156 valence electrons. The molecule has 0 spiro atoms. The van der Waals surface area contributed by atoms with Gasteiger partial charge in [-0.2, -0.15) is 0 Å². The van der Waals surface area contributed by atoms with Crippen molar-refractivity contribution in [3.63, 3.8) is 0 Å². The molecule has 1 unspecified atom stereocenters. The number of amides is 2. The summed E-state index contributed by atoms with van der Waals surface area (Å²) >= 11 is 2.89. The number of rotatable bonds is 5. The Morgan fingerprint density at radius 2 is 1.93 bits per heavy atom. The molecule has 3 aromatic rings. The van der Waals surface area contributed by atoms with E-state index in [2.05, 4.69) is 9.97 Å². The third-order valence-electron chi connectivity index (χ3n) is 5.34. The van der Waals surface area contributed by atoms with Gasteiger partial charge in [-0.3, -0.25) is 9.59 Å². The van der Waals surface area contributed by atoms with Crippen molar-refractivity contribution < 1.29 is 14.0 Å². The number of fused-ring (bicyclic) bond motifs is 1. The summed E-state index contributed by atoms with van der Waals surface area (Å²) in [6.07, 6.45) is 2.72. The van der Waals surface area contributed by atoms with Crippen molar-refractivity contribution in [2.75, 3.05) is 13.1 Å². The van der Waals surface area contributed by atoms with E-state index in [9.17, 15) is 14.0 Å². The maximum absolute atomic E-state index is 13.3. The summed E-state index contributed by atoms with van der Waals surface area (Å²) in [5.74, 6) is -0.710. The van der Waals surface area contributed by atoms with Crippen molar-refractivity contribution >= 4 is 45.1 Å². The number of likely N-dealkylation sites (tertiary alicyclic amines) is 1. The minimum atomic E-state index is -0.339. The fourth-order valence-corrected chi connectivity index (χ4v) is 5.64. The molecule has 6 nitrogen and oxygen atoms in total. The average molecular weight is 445 g/mol. The van der Waals surface area contributed by atoms with Gasteiger partial charge in [0, 0.05) is 30.0 Å². The minimum absolute atomic E-state index is 0.0215. The molecule has 1 aromatic carbocycles. The number of halogens is 1. The molecule has 2 amide bonds. The Balaban J connectivity index is 1.55. The lowest BCUT2D eigenvalue weighted by Gasteiger charge is -2.32. The second kappa shape index (κ2) is 8.69. The van der Waals surface area contributed by atoms with Crippen LogP contribution >= 0.6 is 23.1 Å². The Hall–Kier alpha value is -2.52. The lowest BCUT2D eigenvalue weighted by atomic mass is 9.96. The lowest BCUT2D eigenvalue weighted by molar-refractivity contribution is -0.134. The fraction of sp³-hybridized carbons (Fsp3) is 0.333. The minimum Gasteiger partial charge on any atom is -0.369 e. The smallest absolute Gasteiger partial charge is 0.235 e. The summed E-state index contributed by atoms with van der Waals surface area (Å²) in [6, 6.07) is 6.32. The highest BCUT2D eigenvalue weighted by Crippen LogP contribution is 2.39. The molecule has 3 heterocycles. The molecule has 0 radical (unpaired) electrons. The molecule has 2 N–H and O–H groups in total. The van der Waals surface area contributed by atoms with Gasteiger partial charge in [0.25, 0.3) is 0 Å². The zero-order valence-electron chi connectivity index (χ0n) is 16.4. The second-order valence-corrected chi connectivity index (χ2v) is 9.46. The Kier molecular flexibility index (Phi) is 6.01. The largest absolute Gasteiger partial charge is 0.369 e. The van der Waals surface area contributed by atoms with Crippen LogP contribution in [0, 0.1) is 11.7 Å². The van der Waals surface area contributed by atoms with Crippen LogP contribution in [0.5, 0.6) is 0 Å². The van der Waals surface area contributed by atoms with Crippen molar-refractivity contribution in [2.45, 2.75) is 30.0 Å². The Labute approximate surface area is 181 Å². The average Bonchev–Trinajstić information content (AvgIpc) is 3.19. The SMILES string of the molecule is CC(Sc1ncnc2scc(-c3ccc(F)cc3)c12)C(=O)N1CCC(C(N)=O)CC1. The van der Waals surface area contributed by atoms with Gasteiger partial charge in [-0.05, 0) is 37.5 Å². The monoisotopic (exact) mass is 444 g/mol. The summed E-state index contributed by atoms with van der Waals surface area (Å²) in [5.41, 5.74) is 7.20.